The van der Waals surface area contributed by atoms with Crippen molar-refractivity contribution in [2.75, 3.05) is 0 Å². The standard InChI is InChI=1S/C28H21F2N2O.C20H26GeN.Ir/c29-22-6-3-7-23(30)27(22)24-11-10-21-20-9-8-19(16-26(20)33-28(21)32-24)25-15-18(12-13-31-25)14-17-4-1-2-5-17;1-21(2,3)19-15-22-20(17-11-5-4-6-12-17)14-18(19)13-16-9-7-8-10-16;/h3,6-7,9-13,15-17H,1-2,4-5,14H2;4-6,11,14-16H,7-10,13H2,1-3H3;/q2*-1;. The van der Waals surface area contributed by atoms with E-state index in [9.17, 15) is 8.78 Å². The van der Waals surface area contributed by atoms with Crippen LogP contribution in [0, 0.1) is 35.6 Å². The Morgan fingerprint density at radius 2 is 1.43 bits per heavy atom. The second-order valence-electron chi connectivity index (χ2n) is 16.4. The molecule has 56 heavy (non-hydrogen) atoms. The fourth-order valence-corrected chi connectivity index (χ4v) is 11.8. The zero-order valence-corrected chi connectivity index (χ0v) is 36.8. The first-order valence-electron chi connectivity index (χ1n) is 19.8. The van der Waals surface area contributed by atoms with Crippen LogP contribution in [0.1, 0.15) is 62.5 Å². The van der Waals surface area contributed by atoms with Crippen molar-refractivity contribution in [3.05, 3.63) is 132 Å². The van der Waals surface area contributed by atoms with E-state index in [0.29, 0.717) is 11.3 Å². The van der Waals surface area contributed by atoms with Gasteiger partial charge in [0.05, 0.1) is 16.8 Å². The number of rotatable bonds is 8. The van der Waals surface area contributed by atoms with Gasteiger partial charge in [0, 0.05) is 31.7 Å². The minimum Gasteiger partial charge on any atom is 0 e. The van der Waals surface area contributed by atoms with Crippen molar-refractivity contribution in [2.24, 2.45) is 11.8 Å². The third-order valence-corrected chi connectivity index (χ3v) is 15.7. The summed E-state index contributed by atoms with van der Waals surface area (Å²) in [6.07, 6.45) is 17.3. The Hall–Kier alpha value is -4.04. The summed E-state index contributed by atoms with van der Waals surface area (Å²) in [5.41, 5.74) is 7.78. The average Bonchev–Trinajstić information content (AvgIpc) is 3.97. The number of furan rings is 1. The molecule has 2 saturated carbocycles. The second-order valence-corrected chi connectivity index (χ2v) is 27.0. The molecule has 2 fully saturated rings. The molecule has 0 spiro atoms. The van der Waals surface area contributed by atoms with E-state index in [-0.39, 0.29) is 31.4 Å². The maximum atomic E-state index is 14.2. The summed E-state index contributed by atoms with van der Waals surface area (Å²) in [6.45, 7) is 0. The number of hydrogen-bond donors (Lipinski definition) is 0. The summed E-state index contributed by atoms with van der Waals surface area (Å²) in [7, 11) is 0. The molecule has 1 radical (unpaired) electrons. The van der Waals surface area contributed by atoms with Crippen LogP contribution >= 0.6 is 0 Å². The normalized spacial score (nSPS) is 14.9. The average molecular weight is 985 g/mol. The van der Waals surface area contributed by atoms with Crippen molar-refractivity contribution in [2.45, 2.75) is 81.5 Å². The molecule has 7 aromatic rings. The Balaban J connectivity index is 0.000000183. The predicted octanol–water partition coefficient (Wildman–Crippen LogP) is 12.3. The van der Waals surface area contributed by atoms with Crippen molar-refractivity contribution in [1.82, 2.24) is 15.0 Å². The quantitative estimate of drug-likeness (QED) is 0.112. The molecule has 289 valence electrons. The molecule has 2 aliphatic rings. The Labute approximate surface area is 345 Å². The molecule has 0 amide bonds. The molecular weight excluding hydrogens is 937 g/mol. The van der Waals surface area contributed by atoms with Crippen LogP contribution in [0.15, 0.2) is 102 Å². The second kappa shape index (κ2) is 17.6. The summed E-state index contributed by atoms with van der Waals surface area (Å²) >= 11 is -1.87. The van der Waals surface area contributed by atoms with Gasteiger partial charge in [0.2, 0.25) is 5.71 Å². The van der Waals surface area contributed by atoms with Gasteiger partial charge in [-0.2, -0.15) is 0 Å². The van der Waals surface area contributed by atoms with Crippen molar-refractivity contribution in [3.63, 3.8) is 0 Å². The topological polar surface area (TPSA) is 51.8 Å². The van der Waals surface area contributed by atoms with Crippen LogP contribution in [0.4, 0.5) is 8.78 Å². The number of pyridine rings is 3. The van der Waals surface area contributed by atoms with Crippen LogP contribution in [0.25, 0.3) is 55.8 Å². The molecule has 3 aromatic carbocycles. The van der Waals surface area contributed by atoms with E-state index < -0.39 is 24.9 Å². The molecule has 0 aliphatic heterocycles. The SMILES string of the molecule is Fc1cccc(F)c1-c1ccc2c(n1)oc1cc(-c3cc(CC4CCCC4)ccn3)[c-]cc12.[CH3][Ge]([CH3])([CH3])[c]1cnc(-c2[c-]cccc2)cc1CC1CCCC1.[Ir]. The van der Waals surface area contributed by atoms with Crippen LogP contribution in [-0.4, -0.2) is 28.2 Å². The molecule has 0 N–H and O–H groups in total. The van der Waals surface area contributed by atoms with Gasteiger partial charge >= 0.3 is 137 Å². The third-order valence-electron chi connectivity index (χ3n) is 11.4. The van der Waals surface area contributed by atoms with Gasteiger partial charge in [-0.15, -0.1) is 17.7 Å². The van der Waals surface area contributed by atoms with Gasteiger partial charge in [-0.3, -0.25) is 0 Å². The predicted molar refractivity (Wildman–Crippen MR) is 222 cm³/mol. The van der Waals surface area contributed by atoms with Crippen LogP contribution < -0.4 is 4.40 Å². The molecular formula is C48H47F2GeIrN3O-2. The van der Waals surface area contributed by atoms with Crippen molar-refractivity contribution < 1.29 is 33.3 Å². The maximum absolute atomic E-state index is 14.2. The number of hydrogen-bond acceptors (Lipinski definition) is 4. The number of halogens is 2. The van der Waals surface area contributed by atoms with Gasteiger partial charge in [-0.1, -0.05) is 60.9 Å². The number of aromatic nitrogens is 3. The van der Waals surface area contributed by atoms with Gasteiger partial charge in [0.1, 0.15) is 11.6 Å². The molecule has 9 rings (SSSR count). The molecule has 0 atom stereocenters. The fraction of sp³-hybridized carbons (Fsp3) is 0.312. The van der Waals surface area contributed by atoms with Crippen LogP contribution in [-0.2, 0) is 32.9 Å². The Bertz CT molecular complexity index is 2410. The van der Waals surface area contributed by atoms with E-state index in [4.69, 9.17) is 9.40 Å². The van der Waals surface area contributed by atoms with E-state index >= 15 is 0 Å². The molecule has 0 unspecified atom stereocenters. The van der Waals surface area contributed by atoms with Crippen LogP contribution in [0.2, 0.25) is 17.3 Å². The van der Waals surface area contributed by atoms with Gasteiger partial charge < -0.3 is 9.40 Å². The van der Waals surface area contributed by atoms with Crippen LogP contribution in [0.5, 0.6) is 0 Å². The molecule has 8 heteroatoms. The molecule has 4 nitrogen and oxygen atoms in total. The number of nitrogens with zero attached hydrogens (tertiary/aromatic N) is 3. The summed E-state index contributed by atoms with van der Waals surface area (Å²) < 4.78 is 36.0. The Morgan fingerprint density at radius 3 is 2.12 bits per heavy atom. The van der Waals surface area contributed by atoms with Gasteiger partial charge in [0.25, 0.3) is 0 Å². The zero-order valence-electron chi connectivity index (χ0n) is 32.3. The summed E-state index contributed by atoms with van der Waals surface area (Å²) in [6, 6.07) is 32.3. The monoisotopic (exact) mass is 986 g/mol. The van der Waals surface area contributed by atoms with Crippen molar-refractivity contribution >= 4 is 39.7 Å². The summed E-state index contributed by atoms with van der Waals surface area (Å²) in [5.74, 6) is 7.77. The fourth-order valence-electron chi connectivity index (χ4n) is 8.49. The van der Waals surface area contributed by atoms with E-state index in [2.05, 4.69) is 75.9 Å². The van der Waals surface area contributed by atoms with Crippen LogP contribution in [0.3, 0.4) is 0 Å². The first kappa shape index (κ1) is 40.2. The Kier molecular flexibility index (Phi) is 12.6. The zero-order chi connectivity index (χ0) is 37.9. The van der Waals surface area contributed by atoms with Crippen molar-refractivity contribution in [1.29, 1.82) is 0 Å². The minimum atomic E-state index is -1.87. The van der Waals surface area contributed by atoms with Gasteiger partial charge in [-0.25, -0.2) is 13.8 Å². The maximum Gasteiger partial charge on any atom is 0 e. The smallest absolute Gasteiger partial charge is 0 e. The summed E-state index contributed by atoms with van der Waals surface area (Å²) in [5, 5.41) is 1.63. The minimum absolute atomic E-state index is 0. The number of benzene rings is 3. The van der Waals surface area contributed by atoms with E-state index in [1.807, 2.05) is 30.5 Å². The molecule has 2 aliphatic carbocycles. The summed E-state index contributed by atoms with van der Waals surface area (Å²) in [4.78, 5) is 13.7. The molecule has 4 heterocycles. The molecule has 4 aromatic heterocycles. The van der Waals surface area contributed by atoms with E-state index in [1.165, 1.54) is 81.5 Å². The number of fused-ring (bicyclic) bond motifs is 3. The van der Waals surface area contributed by atoms with Gasteiger partial charge in [-0.05, 0) is 42.3 Å². The first-order valence-corrected chi connectivity index (χ1v) is 27.1. The van der Waals surface area contributed by atoms with Crippen molar-refractivity contribution in [3.8, 4) is 33.8 Å². The van der Waals surface area contributed by atoms with E-state index in [0.717, 1.165) is 51.5 Å². The first-order chi connectivity index (χ1) is 26.7. The third kappa shape index (κ3) is 9.06. The largest absolute Gasteiger partial charge is 0 e. The molecule has 0 bridgehead atoms. The Morgan fingerprint density at radius 1 is 0.714 bits per heavy atom. The van der Waals surface area contributed by atoms with E-state index in [1.54, 1.807) is 22.1 Å². The van der Waals surface area contributed by atoms with Gasteiger partial charge in [0.15, 0.2) is 0 Å². The molecule has 0 saturated heterocycles.